The van der Waals surface area contributed by atoms with Crippen molar-refractivity contribution in [1.29, 1.82) is 0 Å². The van der Waals surface area contributed by atoms with Crippen molar-refractivity contribution >= 4 is 39.4 Å². The normalized spacial score (nSPS) is 15.5. The van der Waals surface area contributed by atoms with Crippen molar-refractivity contribution in [2.75, 3.05) is 6.54 Å². The fourth-order valence-electron chi connectivity index (χ4n) is 3.79. The van der Waals surface area contributed by atoms with Gasteiger partial charge in [-0.3, -0.25) is 15.0 Å². The van der Waals surface area contributed by atoms with Gasteiger partial charge in [0.25, 0.3) is 0 Å². The maximum absolute atomic E-state index is 4.54. The second-order valence-electron chi connectivity index (χ2n) is 6.38. The van der Waals surface area contributed by atoms with Gasteiger partial charge in [-0.25, -0.2) is 4.48 Å². The summed E-state index contributed by atoms with van der Waals surface area (Å²) in [4.78, 5) is 13.4. The second kappa shape index (κ2) is 5.86. The topological polar surface area (TPSA) is 38.1 Å². The van der Waals surface area contributed by atoms with Crippen molar-refractivity contribution in [3.63, 3.8) is 0 Å². The lowest BCUT2D eigenvalue weighted by molar-refractivity contribution is 0.577. The zero-order valence-electron chi connectivity index (χ0n) is 14.2. The molecular formula is C22H17N4+. The highest BCUT2D eigenvalue weighted by Crippen LogP contribution is 2.42. The maximum atomic E-state index is 4.54. The van der Waals surface area contributed by atoms with Crippen LogP contribution in [-0.4, -0.2) is 22.7 Å². The molecule has 3 heterocycles. The quantitative estimate of drug-likeness (QED) is 0.484. The number of nitrogens with zero attached hydrogens (tertiary/aromatic N) is 4. The van der Waals surface area contributed by atoms with E-state index in [1.807, 2.05) is 36.9 Å². The Hall–Kier alpha value is -3.37. The third-order valence-electron chi connectivity index (χ3n) is 4.99. The van der Waals surface area contributed by atoms with Crippen LogP contribution >= 0.6 is 0 Å². The first kappa shape index (κ1) is 14.9. The highest BCUT2D eigenvalue weighted by atomic mass is 15.4. The van der Waals surface area contributed by atoms with E-state index >= 15 is 0 Å². The lowest BCUT2D eigenvalue weighted by Crippen LogP contribution is -2.41. The van der Waals surface area contributed by atoms with Crippen molar-refractivity contribution in [3.8, 4) is 0 Å². The van der Waals surface area contributed by atoms with Crippen molar-refractivity contribution < 1.29 is 0 Å². The Bertz CT molecular complexity index is 1090. The van der Waals surface area contributed by atoms with E-state index in [9.17, 15) is 0 Å². The van der Waals surface area contributed by atoms with Crippen molar-refractivity contribution in [2.45, 2.75) is 0 Å². The van der Waals surface area contributed by atoms with Crippen LogP contribution in [0.3, 0.4) is 0 Å². The molecule has 124 valence electrons. The Morgan fingerprint density at radius 1 is 0.692 bits per heavy atom. The van der Waals surface area contributed by atoms with E-state index in [-0.39, 0.29) is 0 Å². The van der Waals surface area contributed by atoms with Crippen LogP contribution in [0.15, 0.2) is 90.4 Å². The van der Waals surface area contributed by atoms with E-state index in [1.54, 1.807) is 0 Å². The molecular weight excluding hydrogens is 320 g/mol. The summed E-state index contributed by atoms with van der Waals surface area (Å²) in [5, 5.41) is 2.30. The van der Waals surface area contributed by atoms with Gasteiger partial charge in [0, 0.05) is 24.5 Å². The Kier molecular flexibility index (Phi) is 3.37. The zero-order valence-corrected chi connectivity index (χ0v) is 14.2. The predicted octanol–water partition coefficient (Wildman–Crippen LogP) is 4.98. The van der Waals surface area contributed by atoms with Crippen LogP contribution in [0.4, 0.5) is 11.4 Å². The van der Waals surface area contributed by atoms with Gasteiger partial charge in [-0.2, -0.15) is 0 Å². The van der Waals surface area contributed by atoms with Crippen LogP contribution in [0.25, 0.3) is 21.8 Å². The molecule has 0 amide bonds. The van der Waals surface area contributed by atoms with Crippen LogP contribution in [0.1, 0.15) is 0 Å². The molecule has 4 nitrogen and oxygen atoms in total. The third-order valence-corrected chi connectivity index (χ3v) is 4.99. The van der Waals surface area contributed by atoms with E-state index in [4.69, 9.17) is 0 Å². The molecule has 2 aromatic heterocycles. The largest absolute Gasteiger partial charge is 0.258 e. The molecule has 5 rings (SSSR count). The average Bonchev–Trinajstić information content (AvgIpc) is 2.73. The molecule has 0 unspecified atom stereocenters. The first-order valence-corrected chi connectivity index (χ1v) is 8.64. The van der Waals surface area contributed by atoms with E-state index < -0.39 is 0 Å². The molecule has 1 aliphatic rings. The minimum absolute atomic E-state index is 0.565. The van der Waals surface area contributed by atoms with Crippen LogP contribution in [0, 0.1) is 0 Å². The second-order valence-corrected chi connectivity index (χ2v) is 6.38. The fourth-order valence-corrected chi connectivity index (χ4v) is 3.79. The number of hydrogen-bond donors (Lipinski definition) is 0. The van der Waals surface area contributed by atoms with Crippen molar-refractivity contribution in [2.24, 2.45) is 4.99 Å². The van der Waals surface area contributed by atoms with Gasteiger partial charge in [0.15, 0.2) is 11.4 Å². The zero-order chi connectivity index (χ0) is 17.4. The number of benzene rings is 2. The molecule has 0 saturated heterocycles. The molecule has 0 N–H and O–H groups in total. The number of aliphatic imine (C=N–C) groups is 1. The summed E-state index contributed by atoms with van der Waals surface area (Å²) in [6.45, 7) is 0.749. The molecule has 4 heteroatoms. The molecule has 0 fully saturated rings. The summed E-state index contributed by atoms with van der Waals surface area (Å²) < 4.78 is 0.565. The number of aromatic nitrogens is 2. The van der Waals surface area contributed by atoms with Gasteiger partial charge in [-0.15, -0.1) is 0 Å². The van der Waals surface area contributed by atoms with E-state index in [2.05, 4.69) is 69.7 Å². The van der Waals surface area contributed by atoms with Gasteiger partial charge in [0.2, 0.25) is 0 Å². The summed E-state index contributed by atoms with van der Waals surface area (Å²) in [7, 11) is 0. The standard InChI is InChI=1S/C22H17N4/c1-3-7-19-17(5-1)21(9-11-24-19)26(15-13-23-14-16-26)22-10-12-25-20-8-4-2-6-18(20)22/h1-15H,16H2/q+1. The molecule has 0 aliphatic carbocycles. The van der Waals surface area contributed by atoms with Crippen molar-refractivity contribution in [1.82, 2.24) is 14.5 Å². The Morgan fingerprint density at radius 3 is 1.81 bits per heavy atom. The summed E-state index contributed by atoms with van der Waals surface area (Å²) >= 11 is 0. The minimum atomic E-state index is 0.565. The molecule has 0 atom stereocenters. The van der Waals surface area contributed by atoms with E-state index in [1.165, 1.54) is 11.4 Å². The molecule has 0 spiro atoms. The molecule has 0 bridgehead atoms. The van der Waals surface area contributed by atoms with Gasteiger partial charge in [-0.05, 0) is 24.3 Å². The van der Waals surface area contributed by atoms with Gasteiger partial charge in [0.1, 0.15) is 12.7 Å². The highest BCUT2D eigenvalue weighted by molar-refractivity contribution is 5.99. The Labute approximate surface area is 151 Å². The molecule has 4 aromatic rings. The number of rotatable bonds is 2. The Morgan fingerprint density at radius 2 is 1.27 bits per heavy atom. The Balaban J connectivity index is 1.88. The van der Waals surface area contributed by atoms with Crippen LogP contribution in [-0.2, 0) is 0 Å². The van der Waals surface area contributed by atoms with Gasteiger partial charge in [0.05, 0.1) is 34.2 Å². The first-order valence-electron chi connectivity index (χ1n) is 8.64. The predicted molar refractivity (Wildman–Crippen MR) is 107 cm³/mol. The number of fused-ring (bicyclic) bond motifs is 2. The van der Waals surface area contributed by atoms with Gasteiger partial charge in [-0.1, -0.05) is 24.3 Å². The smallest absolute Gasteiger partial charge is 0.153 e. The number of para-hydroxylation sites is 2. The summed E-state index contributed by atoms with van der Waals surface area (Å²) in [5.74, 6) is 0. The molecule has 2 aromatic carbocycles. The van der Waals surface area contributed by atoms with Gasteiger partial charge < -0.3 is 0 Å². The molecule has 26 heavy (non-hydrogen) atoms. The first-order chi connectivity index (χ1) is 12.9. The summed E-state index contributed by atoms with van der Waals surface area (Å²) in [5.41, 5.74) is 4.37. The summed E-state index contributed by atoms with van der Waals surface area (Å²) in [6.07, 6.45) is 9.79. The number of hydrogen-bond acceptors (Lipinski definition) is 3. The fraction of sp³-hybridized carbons (Fsp3) is 0.0455. The van der Waals surface area contributed by atoms with Crippen molar-refractivity contribution in [3.05, 3.63) is 85.5 Å². The molecule has 1 aliphatic heterocycles. The van der Waals surface area contributed by atoms with Crippen LogP contribution in [0.5, 0.6) is 0 Å². The number of quaternary nitrogens is 1. The lowest BCUT2D eigenvalue weighted by atomic mass is 10.1. The molecule has 0 saturated carbocycles. The lowest BCUT2D eigenvalue weighted by Gasteiger charge is -2.35. The SMILES string of the molecule is C1=C[N+](c2ccnc3ccccc23)(c2ccnc3ccccc23)CC=N1. The van der Waals surface area contributed by atoms with E-state index in [0.29, 0.717) is 4.48 Å². The van der Waals surface area contributed by atoms with Gasteiger partial charge >= 0.3 is 0 Å². The van der Waals surface area contributed by atoms with Crippen LogP contribution < -0.4 is 4.48 Å². The molecule has 0 radical (unpaired) electrons. The average molecular weight is 337 g/mol. The van der Waals surface area contributed by atoms with Crippen LogP contribution in [0.2, 0.25) is 0 Å². The minimum Gasteiger partial charge on any atom is -0.258 e. The summed E-state index contributed by atoms with van der Waals surface area (Å²) in [6, 6.07) is 20.8. The highest BCUT2D eigenvalue weighted by Gasteiger charge is 2.35. The maximum Gasteiger partial charge on any atom is 0.153 e. The van der Waals surface area contributed by atoms with E-state index in [0.717, 1.165) is 28.4 Å². The number of pyridine rings is 2. The third kappa shape index (κ3) is 2.16. The monoisotopic (exact) mass is 337 g/mol.